The van der Waals surface area contributed by atoms with E-state index in [1.165, 1.54) is 6.08 Å². The molecule has 0 aliphatic heterocycles. The number of rotatable bonds is 2. The zero-order valence-corrected chi connectivity index (χ0v) is 6.45. The molecule has 0 saturated heterocycles. The molecule has 1 atom stereocenters. The van der Waals surface area contributed by atoms with Gasteiger partial charge in [-0.25, -0.2) is 4.79 Å². The van der Waals surface area contributed by atoms with Crippen LogP contribution in [0.15, 0.2) is 30.5 Å². The van der Waals surface area contributed by atoms with Gasteiger partial charge in [0.25, 0.3) is 0 Å². The molecule has 12 heavy (non-hydrogen) atoms. The molecule has 0 fully saturated rings. The van der Waals surface area contributed by atoms with Gasteiger partial charge in [-0.1, -0.05) is 6.58 Å². The van der Waals surface area contributed by atoms with Crippen molar-refractivity contribution in [1.82, 2.24) is 0 Å². The SMILES string of the molecule is C=C=CC(=O)O[C@@H]1C=CC(=O)C1. The minimum absolute atomic E-state index is 0.0182. The van der Waals surface area contributed by atoms with Crippen molar-refractivity contribution < 1.29 is 14.3 Å². The van der Waals surface area contributed by atoms with Crippen LogP contribution in [0.25, 0.3) is 0 Å². The minimum Gasteiger partial charge on any atom is -0.454 e. The zero-order chi connectivity index (χ0) is 8.97. The number of hydrogen-bond acceptors (Lipinski definition) is 3. The quantitative estimate of drug-likeness (QED) is 0.344. The van der Waals surface area contributed by atoms with Crippen molar-refractivity contribution in [2.45, 2.75) is 12.5 Å². The Morgan fingerprint density at radius 2 is 2.58 bits per heavy atom. The summed E-state index contributed by atoms with van der Waals surface area (Å²) in [5, 5.41) is 0. The molecule has 0 N–H and O–H groups in total. The van der Waals surface area contributed by atoms with Crippen LogP contribution >= 0.6 is 0 Å². The van der Waals surface area contributed by atoms with Gasteiger partial charge < -0.3 is 4.74 Å². The number of carbonyl (C=O) groups is 2. The Morgan fingerprint density at radius 1 is 1.83 bits per heavy atom. The van der Waals surface area contributed by atoms with Crippen LogP contribution < -0.4 is 0 Å². The van der Waals surface area contributed by atoms with E-state index in [0.29, 0.717) is 0 Å². The third-order valence-corrected chi connectivity index (χ3v) is 1.39. The van der Waals surface area contributed by atoms with E-state index >= 15 is 0 Å². The van der Waals surface area contributed by atoms with Gasteiger partial charge in [0.2, 0.25) is 0 Å². The summed E-state index contributed by atoms with van der Waals surface area (Å²) in [6, 6.07) is 0. The highest BCUT2D eigenvalue weighted by atomic mass is 16.5. The standard InChI is InChI=1S/C9H8O3/c1-2-3-9(11)12-8-5-4-7(10)6-8/h3-5,8H,1,6H2/t8-/m1/s1. The monoisotopic (exact) mass is 164 g/mol. The highest BCUT2D eigenvalue weighted by Crippen LogP contribution is 2.09. The van der Waals surface area contributed by atoms with Crippen LogP contribution in [0.4, 0.5) is 0 Å². The predicted molar refractivity (Wildman–Crippen MR) is 42.4 cm³/mol. The summed E-state index contributed by atoms with van der Waals surface area (Å²) in [6.07, 6.45) is 3.91. The lowest BCUT2D eigenvalue weighted by Crippen LogP contribution is -2.12. The summed E-state index contributed by atoms with van der Waals surface area (Å²) >= 11 is 0. The number of ether oxygens (including phenoxy) is 1. The van der Waals surface area contributed by atoms with Gasteiger partial charge in [-0.15, -0.1) is 5.73 Å². The zero-order valence-electron chi connectivity index (χ0n) is 6.45. The molecular formula is C9H8O3. The molecule has 0 aromatic carbocycles. The predicted octanol–water partition coefficient (Wildman–Crippen LogP) is 0.768. The van der Waals surface area contributed by atoms with Gasteiger partial charge >= 0.3 is 5.97 Å². The normalized spacial score (nSPS) is 20.3. The Labute approximate surface area is 70.0 Å². The molecule has 1 rings (SSSR count). The van der Waals surface area contributed by atoms with E-state index in [1.54, 1.807) is 6.08 Å². The highest BCUT2D eigenvalue weighted by Gasteiger charge is 2.18. The molecule has 0 amide bonds. The van der Waals surface area contributed by atoms with Crippen molar-refractivity contribution in [2.75, 3.05) is 0 Å². The molecule has 1 aliphatic rings. The fraction of sp³-hybridized carbons (Fsp3) is 0.222. The van der Waals surface area contributed by atoms with Crippen LogP contribution in [0.3, 0.4) is 0 Å². The molecule has 62 valence electrons. The second-order valence-electron chi connectivity index (χ2n) is 2.35. The van der Waals surface area contributed by atoms with Crippen molar-refractivity contribution in [3.63, 3.8) is 0 Å². The van der Waals surface area contributed by atoms with Gasteiger partial charge in [0.05, 0.1) is 12.5 Å². The van der Waals surface area contributed by atoms with Crippen LogP contribution in [0, 0.1) is 0 Å². The van der Waals surface area contributed by atoms with E-state index in [9.17, 15) is 9.59 Å². The summed E-state index contributed by atoms with van der Waals surface area (Å²) in [4.78, 5) is 21.5. The maximum atomic E-state index is 10.8. The maximum Gasteiger partial charge on any atom is 0.339 e. The second kappa shape index (κ2) is 3.69. The number of ketones is 1. The summed E-state index contributed by atoms with van der Waals surface area (Å²) < 4.78 is 4.82. The molecule has 0 radical (unpaired) electrons. The molecular weight excluding hydrogens is 156 g/mol. The molecule has 0 unspecified atom stereocenters. The average Bonchev–Trinajstić information content (AvgIpc) is 2.36. The molecule has 0 spiro atoms. The first-order valence-electron chi connectivity index (χ1n) is 3.50. The molecule has 1 aliphatic carbocycles. The molecule has 0 heterocycles. The van der Waals surface area contributed by atoms with Crippen LogP contribution in [0.1, 0.15) is 6.42 Å². The van der Waals surface area contributed by atoms with E-state index in [0.717, 1.165) is 6.08 Å². The Kier molecular flexibility index (Phi) is 2.62. The van der Waals surface area contributed by atoms with Crippen molar-refractivity contribution >= 4 is 11.8 Å². The maximum absolute atomic E-state index is 10.8. The summed E-state index contributed by atoms with van der Waals surface area (Å²) in [5.74, 6) is -0.537. The van der Waals surface area contributed by atoms with Crippen molar-refractivity contribution in [3.8, 4) is 0 Å². The van der Waals surface area contributed by atoms with Crippen LogP contribution in [-0.2, 0) is 14.3 Å². The molecule has 0 aromatic heterocycles. The van der Waals surface area contributed by atoms with E-state index in [2.05, 4.69) is 12.3 Å². The van der Waals surface area contributed by atoms with Gasteiger partial charge in [-0.3, -0.25) is 4.79 Å². The summed E-state index contributed by atoms with van der Waals surface area (Å²) in [6.45, 7) is 3.22. The Bertz CT molecular complexity index is 282. The minimum atomic E-state index is -0.519. The van der Waals surface area contributed by atoms with Crippen LogP contribution in [-0.4, -0.2) is 17.9 Å². The lowest BCUT2D eigenvalue weighted by molar-refractivity contribution is -0.141. The Morgan fingerprint density at radius 3 is 3.08 bits per heavy atom. The van der Waals surface area contributed by atoms with E-state index in [-0.39, 0.29) is 12.2 Å². The van der Waals surface area contributed by atoms with Crippen LogP contribution in [0.2, 0.25) is 0 Å². The van der Waals surface area contributed by atoms with E-state index < -0.39 is 12.1 Å². The topological polar surface area (TPSA) is 43.4 Å². The number of carbonyl (C=O) groups excluding carboxylic acids is 2. The van der Waals surface area contributed by atoms with Gasteiger partial charge in [-0.2, -0.15) is 0 Å². The fourth-order valence-electron chi connectivity index (χ4n) is 0.897. The summed E-state index contributed by atoms with van der Waals surface area (Å²) in [5.41, 5.74) is 2.29. The highest BCUT2D eigenvalue weighted by molar-refractivity contribution is 5.93. The number of allylic oxidation sites excluding steroid dienone is 1. The second-order valence-corrected chi connectivity index (χ2v) is 2.35. The smallest absolute Gasteiger partial charge is 0.339 e. The summed E-state index contributed by atoms with van der Waals surface area (Å²) in [7, 11) is 0. The molecule has 0 aromatic rings. The van der Waals surface area contributed by atoms with E-state index in [4.69, 9.17) is 4.74 Å². The first-order valence-corrected chi connectivity index (χ1v) is 3.50. The fourth-order valence-corrected chi connectivity index (χ4v) is 0.897. The van der Waals surface area contributed by atoms with Gasteiger partial charge in [0.1, 0.15) is 6.10 Å². The first kappa shape index (κ1) is 8.50. The lowest BCUT2D eigenvalue weighted by atomic mass is 10.3. The van der Waals surface area contributed by atoms with Crippen LogP contribution in [0.5, 0.6) is 0 Å². The van der Waals surface area contributed by atoms with Gasteiger partial charge in [-0.05, 0) is 12.2 Å². The van der Waals surface area contributed by atoms with E-state index in [1.807, 2.05) is 0 Å². The number of esters is 1. The Balaban J connectivity index is 2.43. The third-order valence-electron chi connectivity index (χ3n) is 1.39. The lowest BCUT2D eigenvalue weighted by Gasteiger charge is -2.05. The van der Waals surface area contributed by atoms with Crippen molar-refractivity contribution in [3.05, 3.63) is 30.5 Å². The average molecular weight is 164 g/mol. The first-order chi connectivity index (χ1) is 5.72. The molecule has 3 heteroatoms. The Hall–Kier alpha value is -1.60. The third kappa shape index (κ3) is 2.22. The molecule has 3 nitrogen and oxygen atoms in total. The van der Waals surface area contributed by atoms with Crippen molar-refractivity contribution in [2.24, 2.45) is 0 Å². The molecule has 0 bridgehead atoms. The van der Waals surface area contributed by atoms with Gasteiger partial charge in [0.15, 0.2) is 5.78 Å². The number of hydrogen-bond donors (Lipinski definition) is 0. The van der Waals surface area contributed by atoms with Crippen molar-refractivity contribution in [1.29, 1.82) is 0 Å². The molecule has 0 saturated carbocycles. The van der Waals surface area contributed by atoms with Gasteiger partial charge in [0, 0.05) is 0 Å². The largest absolute Gasteiger partial charge is 0.454 e.